The second-order valence-electron chi connectivity index (χ2n) is 5.09. The molecule has 2 atom stereocenters. The van der Waals surface area contributed by atoms with Gasteiger partial charge < -0.3 is 4.89 Å². The largest absolute Gasteiger partial charge is 0.595 e. The summed E-state index contributed by atoms with van der Waals surface area (Å²) in [5, 5.41) is -0.719. The molecule has 2 unspecified atom stereocenters. The van der Waals surface area contributed by atoms with Crippen molar-refractivity contribution in [3.05, 3.63) is 47.6 Å². The fourth-order valence-corrected chi connectivity index (χ4v) is 3.31. The van der Waals surface area contributed by atoms with Crippen LogP contribution in [0.15, 0.2) is 47.6 Å². The maximum absolute atomic E-state index is 11.7. The van der Waals surface area contributed by atoms with Gasteiger partial charge in [0.25, 0.3) is 0 Å². The zero-order valence-electron chi connectivity index (χ0n) is 10.8. The number of hydrogen-bond donors (Lipinski definition) is 0. The third-order valence-electron chi connectivity index (χ3n) is 3.78. The smallest absolute Gasteiger partial charge is 0.319 e. The molecule has 0 radical (unpaired) electrons. The second-order valence-corrected chi connectivity index (χ2v) is 6.59. The average molecular weight is 262 g/mol. The molecule has 3 heteroatoms. The van der Waals surface area contributed by atoms with Crippen LogP contribution in [0.4, 0.5) is 0 Å². The van der Waals surface area contributed by atoms with Crippen molar-refractivity contribution in [3.63, 3.8) is 0 Å². The van der Waals surface area contributed by atoms with E-state index in [-0.39, 0.29) is 0 Å². The van der Waals surface area contributed by atoms with Crippen molar-refractivity contribution in [2.45, 2.75) is 44.2 Å². The Kier molecular flexibility index (Phi) is 4.31. The highest BCUT2D eigenvalue weighted by Crippen LogP contribution is 2.47. The minimum atomic E-state index is -2.46. The second kappa shape index (κ2) is 5.77. The minimum Gasteiger partial charge on any atom is -0.595 e. The highest BCUT2D eigenvalue weighted by atomic mass is 31.1. The monoisotopic (exact) mass is 262 g/mol. The summed E-state index contributed by atoms with van der Waals surface area (Å²) in [6, 6.07) is 0. The van der Waals surface area contributed by atoms with E-state index in [4.69, 9.17) is 0 Å². The Bertz CT molecular complexity index is 457. The Morgan fingerprint density at radius 3 is 2.72 bits per heavy atom. The van der Waals surface area contributed by atoms with Crippen LogP contribution in [0.3, 0.4) is 0 Å². The van der Waals surface area contributed by atoms with Crippen molar-refractivity contribution in [1.82, 2.24) is 0 Å². The van der Waals surface area contributed by atoms with E-state index >= 15 is 0 Å². The normalized spacial score (nSPS) is 29.1. The van der Waals surface area contributed by atoms with Gasteiger partial charge >= 0.3 is 8.03 Å². The van der Waals surface area contributed by atoms with Gasteiger partial charge in [-0.15, -0.1) is 0 Å². The van der Waals surface area contributed by atoms with E-state index in [9.17, 15) is 9.46 Å². The van der Waals surface area contributed by atoms with Gasteiger partial charge in [0.1, 0.15) is 0 Å². The summed E-state index contributed by atoms with van der Waals surface area (Å²) in [4.78, 5) is 11.7. The molecule has 2 aliphatic carbocycles. The molecule has 18 heavy (non-hydrogen) atoms. The molecule has 0 saturated carbocycles. The first-order chi connectivity index (χ1) is 8.64. The van der Waals surface area contributed by atoms with Crippen molar-refractivity contribution in [3.8, 4) is 0 Å². The molecule has 0 heterocycles. The average Bonchev–Trinajstić information content (AvgIpc) is 2.70. The van der Waals surface area contributed by atoms with Gasteiger partial charge in [-0.2, -0.15) is 0 Å². The van der Waals surface area contributed by atoms with Crippen LogP contribution in [-0.4, -0.2) is 5.16 Å². The molecule has 2 aliphatic rings. The molecular weight excluding hydrogens is 243 g/mol. The van der Waals surface area contributed by atoms with E-state index in [1.54, 1.807) is 0 Å². The van der Waals surface area contributed by atoms with Crippen molar-refractivity contribution < 1.29 is 9.46 Å². The van der Waals surface area contributed by atoms with E-state index in [2.05, 4.69) is 24.3 Å². The molecule has 0 aromatic rings. The van der Waals surface area contributed by atoms with Gasteiger partial charge in [-0.05, 0) is 38.2 Å². The van der Waals surface area contributed by atoms with Crippen molar-refractivity contribution in [2.75, 3.05) is 0 Å². The van der Waals surface area contributed by atoms with Crippen molar-refractivity contribution in [2.24, 2.45) is 0 Å². The van der Waals surface area contributed by atoms with Gasteiger partial charge in [0.2, 0.25) is 0 Å². The highest BCUT2D eigenvalue weighted by molar-refractivity contribution is 7.38. The summed E-state index contributed by atoms with van der Waals surface area (Å²) in [5.74, 6) is 0. The first kappa shape index (κ1) is 13.5. The molecule has 0 amide bonds. The molecule has 2 rings (SSSR count). The van der Waals surface area contributed by atoms with Gasteiger partial charge in [0.05, 0.1) is 0 Å². The molecular formula is C15H19O2P. The van der Waals surface area contributed by atoms with Crippen LogP contribution >= 0.6 is 8.03 Å². The first-order valence-corrected chi connectivity index (χ1v) is 7.70. The summed E-state index contributed by atoms with van der Waals surface area (Å²) in [6.07, 6.45) is 16.9. The summed E-state index contributed by atoms with van der Waals surface area (Å²) in [6.45, 7) is 1.85. The number of allylic oxidation sites excluding steroid dienone is 8. The van der Waals surface area contributed by atoms with Crippen molar-refractivity contribution in [1.29, 1.82) is 0 Å². The molecule has 0 bridgehead atoms. The van der Waals surface area contributed by atoms with Crippen LogP contribution < -0.4 is 4.89 Å². The summed E-state index contributed by atoms with van der Waals surface area (Å²) >= 11 is 0. The lowest BCUT2D eigenvalue weighted by Crippen LogP contribution is -2.27. The fourth-order valence-electron chi connectivity index (χ4n) is 2.58. The standard InChI is InChI=1S/C15H19O2P/c1-15(18(16)17)12-8-4-7-11-14(15)13-9-5-2-3-6-10-13/h2,4-5,7,9,11H,3,6,8,10,12H2,1H3. The van der Waals surface area contributed by atoms with E-state index in [1.807, 2.05) is 19.1 Å². The quantitative estimate of drug-likeness (QED) is 0.710. The minimum absolute atomic E-state index is 0.676. The number of rotatable bonds is 2. The molecule has 0 spiro atoms. The molecule has 0 aromatic heterocycles. The van der Waals surface area contributed by atoms with Crippen LogP contribution in [0.5, 0.6) is 0 Å². The Morgan fingerprint density at radius 2 is 1.94 bits per heavy atom. The van der Waals surface area contributed by atoms with Gasteiger partial charge in [-0.1, -0.05) is 41.0 Å². The van der Waals surface area contributed by atoms with E-state index in [1.165, 1.54) is 5.57 Å². The van der Waals surface area contributed by atoms with Crippen LogP contribution in [-0.2, 0) is 4.57 Å². The molecule has 96 valence electrons. The van der Waals surface area contributed by atoms with Crippen LogP contribution in [0, 0.1) is 0 Å². The molecule has 0 fully saturated rings. The van der Waals surface area contributed by atoms with E-state index in [0.717, 1.165) is 31.3 Å². The lowest BCUT2D eigenvalue weighted by molar-refractivity contribution is -0.168. The van der Waals surface area contributed by atoms with E-state index in [0.29, 0.717) is 6.42 Å². The predicted octanol–water partition coefficient (Wildman–Crippen LogP) is 3.79. The Hall–Kier alpha value is -0.980. The van der Waals surface area contributed by atoms with E-state index < -0.39 is 13.2 Å². The van der Waals surface area contributed by atoms with Crippen LogP contribution in [0.2, 0.25) is 0 Å². The molecule has 0 N–H and O–H groups in total. The fraction of sp³-hybridized carbons (Fsp3) is 0.467. The predicted molar refractivity (Wildman–Crippen MR) is 73.5 cm³/mol. The van der Waals surface area contributed by atoms with Gasteiger partial charge in [0.15, 0.2) is 5.16 Å². The SMILES string of the molecule is CC1([P+](=O)[O-])CCC=CC=C1C1=CC=CCCC1. The molecule has 0 aliphatic heterocycles. The van der Waals surface area contributed by atoms with Crippen LogP contribution in [0.1, 0.15) is 39.0 Å². The molecule has 0 aromatic carbocycles. The summed E-state index contributed by atoms with van der Waals surface area (Å²) < 4.78 is 11.7. The first-order valence-electron chi connectivity index (χ1n) is 6.52. The zero-order valence-corrected chi connectivity index (χ0v) is 11.7. The van der Waals surface area contributed by atoms with Gasteiger partial charge in [-0.3, -0.25) is 0 Å². The molecule has 2 nitrogen and oxygen atoms in total. The van der Waals surface area contributed by atoms with Crippen molar-refractivity contribution >= 4 is 8.03 Å². The van der Waals surface area contributed by atoms with Crippen LogP contribution in [0.25, 0.3) is 0 Å². The topological polar surface area (TPSA) is 40.1 Å². The third kappa shape index (κ3) is 2.71. The summed E-state index contributed by atoms with van der Waals surface area (Å²) in [7, 11) is -2.46. The maximum atomic E-state index is 11.7. The summed E-state index contributed by atoms with van der Waals surface area (Å²) in [5.41, 5.74) is 2.16. The lowest BCUT2D eigenvalue weighted by Gasteiger charge is -2.24. The van der Waals surface area contributed by atoms with Gasteiger partial charge in [0, 0.05) is 12.0 Å². The Labute approximate surface area is 110 Å². The Morgan fingerprint density at radius 1 is 1.22 bits per heavy atom. The zero-order chi connectivity index (χ0) is 13.0. The molecule has 0 saturated heterocycles. The Balaban J connectivity index is 2.40. The highest BCUT2D eigenvalue weighted by Gasteiger charge is 2.42. The number of hydrogen-bond acceptors (Lipinski definition) is 2. The lowest BCUT2D eigenvalue weighted by atomic mass is 9.88. The third-order valence-corrected chi connectivity index (χ3v) is 5.05. The van der Waals surface area contributed by atoms with Gasteiger partial charge in [-0.25, -0.2) is 0 Å². The maximum Gasteiger partial charge on any atom is 0.319 e.